The third kappa shape index (κ3) is 3.04. The Morgan fingerprint density at radius 3 is 2.88 bits per heavy atom. The second-order valence-corrected chi connectivity index (χ2v) is 7.13. The Labute approximate surface area is 146 Å². The number of aromatic nitrogens is 4. The normalized spacial score (nSPS) is 17.6. The van der Waals surface area contributed by atoms with Crippen molar-refractivity contribution in [3.05, 3.63) is 36.7 Å². The Bertz CT molecular complexity index is 908. The van der Waals surface area contributed by atoms with Gasteiger partial charge in [-0.1, -0.05) is 26.0 Å². The molecule has 6 nitrogen and oxygen atoms in total. The van der Waals surface area contributed by atoms with Crippen molar-refractivity contribution in [1.29, 1.82) is 0 Å². The second-order valence-electron chi connectivity index (χ2n) is 7.13. The van der Waals surface area contributed by atoms with Gasteiger partial charge in [0.25, 0.3) is 0 Å². The highest BCUT2D eigenvalue weighted by Gasteiger charge is 2.23. The smallest absolute Gasteiger partial charge is 0.220 e. The molecule has 130 valence electrons. The number of hydrogen-bond acceptors (Lipinski definition) is 3. The SMILES string of the molecule is CC(C)Cn1c(-c2nccn2CC2CCC(=O)N2)nc2ccccc21. The van der Waals surface area contributed by atoms with Crippen molar-refractivity contribution < 1.29 is 4.79 Å². The predicted molar refractivity (Wildman–Crippen MR) is 97.0 cm³/mol. The first-order valence-corrected chi connectivity index (χ1v) is 8.88. The van der Waals surface area contributed by atoms with Crippen molar-refractivity contribution in [2.75, 3.05) is 0 Å². The maximum Gasteiger partial charge on any atom is 0.220 e. The Morgan fingerprint density at radius 1 is 1.28 bits per heavy atom. The Hall–Kier alpha value is -2.63. The molecule has 1 aliphatic rings. The first-order valence-electron chi connectivity index (χ1n) is 8.88. The summed E-state index contributed by atoms with van der Waals surface area (Å²) in [7, 11) is 0. The molecule has 1 aliphatic heterocycles. The number of rotatable bonds is 5. The molecule has 1 unspecified atom stereocenters. The topological polar surface area (TPSA) is 64.7 Å². The quantitative estimate of drug-likeness (QED) is 0.778. The minimum absolute atomic E-state index is 0.138. The van der Waals surface area contributed by atoms with Crippen LogP contribution in [0.5, 0.6) is 0 Å². The molecule has 1 aromatic carbocycles. The summed E-state index contributed by atoms with van der Waals surface area (Å²) in [6.07, 6.45) is 5.27. The van der Waals surface area contributed by atoms with E-state index in [4.69, 9.17) is 4.98 Å². The van der Waals surface area contributed by atoms with Crippen molar-refractivity contribution in [2.45, 2.75) is 45.8 Å². The second kappa shape index (κ2) is 6.35. The van der Waals surface area contributed by atoms with Gasteiger partial charge >= 0.3 is 0 Å². The molecular weight excluding hydrogens is 314 g/mol. The van der Waals surface area contributed by atoms with Crippen LogP contribution in [0.15, 0.2) is 36.7 Å². The maximum atomic E-state index is 11.5. The highest BCUT2D eigenvalue weighted by molar-refractivity contribution is 5.80. The summed E-state index contributed by atoms with van der Waals surface area (Å²) in [6.45, 7) is 6.03. The van der Waals surface area contributed by atoms with E-state index in [0.717, 1.165) is 42.2 Å². The lowest BCUT2D eigenvalue weighted by Gasteiger charge is -2.15. The van der Waals surface area contributed by atoms with E-state index in [-0.39, 0.29) is 11.9 Å². The molecular formula is C19H23N5O. The van der Waals surface area contributed by atoms with E-state index in [2.05, 4.69) is 39.3 Å². The number of nitrogens with one attached hydrogen (secondary N) is 1. The average molecular weight is 337 g/mol. The number of para-hydroxylation sites is 2. The van der Waals surface area contributed by atoms with E-state index in [1.54, 1.807) is 0 Å². The van der Waals surface area contributed by atoms with Crippen LogP contribution in [0.25, 0.3) is 22.7 Å². The van der Waals surface area contributed by atoms with Crippen LogP contribution < -0.4 is 5.32 Å². The lowest BCUT2D eigenvalue weighted by atomic mass is 10.2. The van der Waals surface area contributed by atoms with Crippen LogP contribution in [-0.4, -0.2) is 31.1 Å². The molecule has 0 saturated carbocycles. The minimum atomic E-state index is 0.138. The number of benzene rings is 1. The van der Waals surface area contributed by atoms with Gasteiger partial charge in [-0.2, -0.15) is 0 Å². The third-order valence-electron chi connectivity index (χ3n) is 4.62. The number of carbonyl (C=O) groups excluding carboxylic acids is 1. The zero-order chi connectivity index (χ0) is 17.4. The fourth-order valence-corrected chi connectivity index (χ4v) is 3.51. The number of carbonyl (C=O) groups is 1. The molecule has 0 radical (unpaired) electrons. The third-order valence-corrected chi connectivity index (χ3v) is 4.62. The fraction of sp³-hybridized carbons (Fsp3) is 0.421. The first-order chi connectivity index (χ1) is 12.1. The zero-order valence-electron chi connectivity index (χ0n) is 14.6. The standard InChI is InChI=1S/C19H23N5O/c1-13(2)11-24-16-6-4-3-5-15(16)22-19(24)18-20-9-10-23(18)12-14-7-8-17(25)21-14/h3-6,9-10,13-14H,7-8,11-12H2,1-2H3,(H,21,25). The molecule has 1 fully saturated rings. The number of nitrogens with zero attached hydrogens (tertiary/aromatic N) is 4. The highest BCUT2D eigenvalue weighted by atomic mass is 16.1. The van der Waals surface area contributed by atoms with Gasteiger partial charge in [-0.05, 0) is 24.5 Å². The van der Waals surface area contributed by atoms with Gasteiger partial charge in [0, 0.05) is 37.9 Å². The molecule has 1 saturated heterocycles. The van der Waals surface area contributed by atoms with Gasteiger partial charge in [0.15, 0.2) is 11.6 Å². The molecule has 0 bridgehead atoms. The van der Waals surface area contributed by atoms with E-state index < -0.39 is 0 Å². The Kier molecular flexibility index (Phi) is 4.03. The van der Waals surface area contributed by atoms with Crippen molar-refractivity contribution in [3.63, 3.8) is 0 Å². The molecule has 1 atom stereocenters. The molecule has 4 rings (SSSR count). The molecule has 2 aromatic heterocycles. The average Bonchev–Trinajstić information content (AvgIpc) is 3.27. The van der Waals surface area contributed by atoms with Gasteiger partial charge < -0.3 is 14.5 Å². The van der Waals surface area contributed by atoms with Crippen LogP contribution >= 0.6 is 0 Å². The summed E-state index contributed by atoms with van der Waals surface area (Å²) >= 11 is 0. The predicted octanol–water partition coefficient (Wildman–Crippen LogP) is 2.83. The monoisotopic (exact) mass is 337 g/mol. The van der Waals surface area contributed by atoms with E-state index in [9.17, 15) is 4.79 Å². The van der Waals surface area contributed by atoms with E-state index in [1.165, 1.54) is 0 Å². The van der Waals surface area contributed by atoms with Crippen molar-refractivity contribution >= 4 is 16.9 Å². The lowest BCUT2D eigenvalue weighted by molar-refractivity contribution is -0.119. The van der Waals surface area contributed by atoms with Crippen LogP contribution in [0.2, 0.25) is 0 Å². The van der Waals surface area contributed by atoms with E-state index in [1.807, 2.05) is 30.6 Å². The van der Waals surface area contributed by atoms with E-state index >= 15 is 0 Å². The number of imidazole rings is 2. The first kappa shape index (κ1) is 15.9. The number of hydrogen-bond donors (Lipinski definition) is 1. The van der Waals surface area contributed by atoms with Crippen molar-refractivity contribution in [1.82, 2.24) is 24.4 Å². The molecule has 3 aromatic rings. The zero-order valence-corrected chi connectivity index (χ0v) is 14.6. The summed E-state index contributed by atoms with van der Waals surface area (Å²) in [5.41, 5.74) is 2.12. The van der Waals surface area contributed by atoms with E-state index in [0.29, 0.717) is 12.3 Å². The van der Waals surface area contributed by atoms with Gasteiger partial charge in [0.1, 0.15) is 0 Å². The Balaban J connectivity index is 1.75. The lowest BCUT2D eigenvalue weighted by Crippen LogP contribution is -2.29. The van der Waals surface area contributed by atoms with Gasteiger partial charge in [-0.3, -0.25) is 4.79 Å². The molecule has 6 heteroatoms. The van der Waals surface area contributed by atoms with Gasteiger partial charge in [-0.25, -0.2) is 9.97 Å². The molecule has 3 heterocycles. The summed E-state index contributed by atoms with van der Waals surface area (Å²) in [5, 5.41) is 3.03. The van der Waals surface area contributed by atoms with Crippen LogP contribution in [0.1, 0.15) is 26.7 Å². The maximum absolute atomic E-state index is 11.5. The van der Waals surface area contributed by atoms with Crippen LogP contribution in [-0.2, 0) is 17.9 Å². The van der Waals surface area contributed by atoms with Gasteiger partial charge in [0.05, 0.1) is 11.0 Å². The molecule has 1 amide bonds. The van der Waals surface area contributed by atoms with Crippen molar-refractivity contribution in [3.8, 4) is 11.6 Å². The van der Waals surface area contributed by atoms with Crippen molar-refractivity contribution in [2.24, 2.45) is 5.92 Å². The fourth-order valence-electron chi connectivity index (χ4n) is 3.51. The summed E-state index contributed by atoms with van der Waals surface area (Å²) in [6, 6.07) is 8.38. The van der Waals surface area contributed by atoms with Crippen LogP contribution in [0.4, 0.5) is 0 Å². The molecule has 0 aliphatic carbocycles. The van der Waals surface area contributed by atoms with Gasteiger partial charge in [0.2, 0.25) is 5.91 Å². The molecule has 25 heavy (non-hydrogen) atoms. The number of amides is 1. The summed E-state index contributed by atoms with van der Waals surface area (Å²) < 4.78 is 4.36. The van der Waals surface area contributed by atoms with Crippen LogP contribution in [0.3, 0.4) is 0 Å². The summed E-state index contributed by atoms with van der Waals surface area (Å²) in [4.78, 5) is 20.9. The van der Waals surface area contributed by atoms with Gasteiger partial charge in [-0.15, -0.1) is 0 Å². The largest absolute Gasteiger partial charge is 0.352 e. The Morgan fingerprint density at radius 2 is 2.12 bits per heavy atom. The van der Waals surface area contributed by atoms with Crippen LogP contribution in [0, 0.1) is 5.92 Å². The molecule has 1 N–H and O–H groups in total. The minimum Gasteiger partial charge on any atom is -0.352 e. The summed E-state index contributed by atoms with van der Waals surface area (Å²) in [5.74, 6) is 2.40. The molecule has 0 spiro atoms. The highest BCUT2D eigenvalue weighted by Crippen LogP contribution is 2.25. The number of fused-ring (bicyclic) bond motifs is 1.